The summed E-state index contributed by atoms with van der Waals surface area (Å²) in [5.74, 6) is 1.61. The van der Waals surface area contributed by atoms with Crippen LogP contribution in [0.15, 0.2) is 42.7 Å². The number of nitrogen functional groups attached to an aromatic ring is 1. The van der Waals surface area contributed by atoms with Crippen molar-refractivity contribution >= 4 is 11.6 Å². The Kier molecular flexibility index (Phi) is 6.77. The molecule has 6 heteroatoms. The van der Waals surface area contributed by atoms with Crippen LogP contribution < -0.4 is 16.8 Å². The number of nitrogens with two attached hydrogens (primary N) is 2. The van der Waals surface area contributed by atoms with Crippen molar-refractivity contribution in [1.29, 1.82) is 0 Å². The predicted octanol–water partition coefficient (Wildman–Crippen LogP) is 3.18. The molecule has 3 aromatic rings. The van der Waals surface area contributed by atoms with Gasteiger partial charge in [-0.3, -0.25) is 4.98 Å². The van der Waals surface area contributed by atoms with Crippen LogP contribution in [0.25, 0.3) is 0 Å². The lowest BCUT2D eigenvalue weighted by Crippen LogP contribution is -2.16. The SMILES string of the molecule is CNc1cc(C)cc(CCc2cncc(C(CN)Cc3cc(C)cc(N)n3)c2)n1. The standard InChI is InChI=1S/C23H30N6/c1-15-7-21(28-22(25)8-15)11-18(12-24)19-10-17(13-27-14-19)4-5-20-6-16(2)9-23(26-3)29-20/h6-10,13-14,18H,4-5,11-12,24H2,1-3H3,(H2,25,28)(H,26,29). The first-order chi connectivity index (χ1) is 14.0. The van der Waals surface area contributed by atoms with Crippen LogP contribution in [0, 0.1) is 13.8 Å². The smallest absolute Gasteiger partial charge is 0.126 e. The predicted molar refractivity (Wildman–Crippen MR) is 119 cm³/mol. The molecule has 0 radical (unpaired) electrons. The van der Waals surface area contributed by atoms with Gasteiger partial charge >= 0.3 is 0 Å². The molecule has 3 heterocycles. The van der Waals surface area contributed by atoms with E-state index in [2.05, 4.69) is 45.4 Å². The van der Waals surface area contributed by atoms with Gasteiger partial charge in [0.2, 0.25) is 0 Å². The molecule has 5 N–H and O–H groups in total. The van der Waals surface area contributed by atoms with Crippen molar-refractivity contribution < 1.29 is 0 Å². The van der Waals surface area contributed by atoms with Crippen molar-refractivity contribution in [3.8, 4) is 0 Å². The third-order valence-corrected chi connectivity index (χ3v) is 5.02. The summed E-state index contributed by atoms with van der Waals surface area (Å²) in [6.45, 7) is 4.65. The van der Waals surface area contributed by atoms with E-state index < -0.39 is 0 Å². The number of aryl methyl sites for hydroxylation is 4. The lowest BCUT2D eigenvalue weighted by atomic mass is 9.93. The Hall–Kier alpha value is -2.99. The molecule has 3 rings (SSSR count). The number of hydrogen-bond acceptors (Lipinski definition) is 6. The molecule has 3 aromatic heterocycles. The van der Waals surface area contributed by atoms with Crippen LogP contribution in [0.2, 0.25) is 0 Å². The maximum Gasteiger partial charge on any atom is 0.126 e. The minimum Gasteiger partial charge on any atom is -0.384 e. The van der Waals surface area contributed by atoms with Crippen LogP contribution in [-0.2, 0) is 19.3 Å². The summed E-state index contributed by atoms with van der Waals surface area (Å²) in [4.78, 5) is 13.6. The Balaban J connectivity index is 1.72. The highest BCUT2D eigenvalue weighted by Crippen LogP contribution is 2.21. The van der Waals surface area contributed by atoms with E-state index in [0.29, 0.717) is 12.4 Å². The van der Waals surface area contributed by atoms with E-state index in [1.165, 1.54) is 11.1 Å². The van der Waals surface area contributed by atoms with Gasteiger partial charge in [0.05, 0.1) is 0 Å². The first kappa shape index (κ1) is 20.7. The number of anilines is 2. The second-order valence-corrected chi connectivity index (χ2v) is 7.60. The third kappa shape index (κ3) is 5.74. The van der Waals surface area contributed by atoms with Crippen molar-refractivity contribution in [1.82, 2.24) is 15.0 Å². The molecule has 6 nitrogen and oxygen atoms in total. The van der Waals surface area contributed by atoms with Gasteiger partial charge in [-0.15, -0.1) is 0 Å². The molecule has 0 aromatic carbocycles. The summed E-state index contributed by atoms with van der Waals surface area (Å²) in [5, 5.41) is 3.12. The van der Waals surface area contributed by atoms with E-state index in [0.717, 1.165) is 47.6 Å². The Morgan fingerprint density at radius 3 is 2.41 bits per heavy atom. The average molecular weight is 391 g/mol. The molecule has 0 amide bonds. The Morgan fingerprint density at radius 1 is 0.931 bits per heavy atom. The molecule has 0 fully saturated rings. The average Bonchev–Trinajstić information content (AvgIpc) is 2.69. The molecule has 29 heavy (non-hydrogen) atoms. The number of nitrogens with one attached hydrogen (secondary N) is 1. The monoisotopic (exact) mass is 390 g/mol. The zero-order valence-corrected chi connectivity index (χ0v) is 17.4. The van der Waals surface area contributed by atoms with Gasteiger partial charge in [-0.05, 0) is 86.2 Å². The molecule has 0 bridgehead atoms. The molecule has 0 saturated carbocycles. The summed E-state index contributed by atoms with van der Waals surface area (Å²) in [7, 11) is 1.89. The van der Waals surface area contributed by atoms with E-state index in [1.54, 1.807) is 0 Å². The van der Waals surface area contributed by atoms with Gasteiger partial charge in [-0.25, -0.2) is 9.97 Å². The Morgan fingerprint density at radius 2 is 1.69 bits per heavy atom. The normalized spacial score (nSPS) is 12.0. The van der Waals surface area contributed by atoms with Gasteiger partial charge in [0, 0.05) is 36.7 Å². The van der Waals surface area contributed by atoms with Gasteiger partial charge in [-0.1, -0.05) is 6.07 Å². The molecule has 0 spiro atoms. The zero-order chi connectivity index (χ0) is 20.8. The fourth-order valence-electron chi connectivity index (χ4n) is 3.60. The lowest BCUT2D eigenvalue weighted by Gasteiger charge is -2.16. The summed E-state index contributed by atoms with van der Waals surface area (Å²) >= 11 is 0. The lowest BCUT2D eigenvalue weighted by molar-refractivity contribution is 0.677. The van der Waals surface area contributed by atoms with E-state index in [4.69, 9.17) is 11.5 Å². The minimum absolute atomic E-state index is 0.157. The number of nitrogens with zero attached hydrogens (tertiary/aromatic N) is 3. The van der Waals surface area contributed by atoms with Crippen molar-refractivity contribution in [3.05, 3.63) is 76.4 Å². The van der Waals surface area contributed by atoms with Gasteiger partial charge in [-0.2, -0.15) is 0 Å². The topological polar surface area (TPSA) is 103 Å². The molecular formula is C23H30N6. The number of pyridine rings is 3. The first-order valence-corrected chi connectivity index (χ1v) is 9.99. The highest BCUT2D eigenvalue weighted by Gasteiger charge is 2.14. The number of rotatable bonds is 8. The van der Waals surface area contributed by atoms with Crippen LogP contribution in [-0.4, -0.2) is 28.5 Å². The number of aromatic nitrogens is 3. The summed E-state index contributed by atoms with van der Waals surface area (Å²) in [6, 6.07) is 10.3. The third-order valence-electron chi connectivity index (χ3n) is 5.02. The van der Waals surface area contributed by atoms with Crippen LogP contribution in [0.3, 0.4) is 0 Å². The van der Waals surface area contributed by atoms with Gasteiger partial charge in [0.1, 0.15) is 11.6 Å². The molecule has 0 aliphatic rings. The maximum absolute atomic E-state index is 6.09. The highest BCUT2D eigenvalue weighted by atomic mass is 15.0. The molecule has 1 atom stereocenters. The Labute approximate surface area is 172 Å². The summed E-state index contributed by atoms with van der Waals surface area (Å²) in [6.07, 6.45) is 6.33. The van der Waals surface area contributed by atoms with Crippen LogP contribution >= 0.6 is 0 Å². The Bertz CT molecular complexity index is 949. The molecule has 0 saturated heterocycles. The zero-order valence-electron chi connectivity index (χ0n) is 17.4. The highest BCUT2D eigenvalue weighted by molar-refractivity contribution is 5.39. The van der Waals surface area contributed by atoms with E-state index in [1.807, 2.05) is 38.5 Å². The number of hydrogen-bond donors (Lipinski definition) is 3. The van der Waals surface area contributed by atoms with E-state index in [-0.39, 0.29) is 5.92 Å². The quantitative estimate of drug-likeness (QED) is 0.546. The van der Waals surface area contributed by atoms with Gasteiger partial charge in [0.15, 0.2) is 0 Å². The fourth-order valence-corrected chi connectivity index (χ4v) is 3.60. The molecule has 0 aliphatic heterocycles. The van der Waals surface area contributed by atoms with E-state index in [9.17, 15) is 0 Å². The van der Waals surface area contributed by atoms with Gasteiger partial charge < -0.3 is 16.8 Å². The first-order valence-electron chi connectivity index (χ1n) is 9.99. The van der Waals surface area contributed by atoms with Crippen molar-refractivity contribution in [2.24, 2.45) is 5.73 Å². The molecule has 1 unspecified atom stereocenters. The second kappa shape index (κ2) is 9.47. The maximum atomic E-state index is 6.09. The van der Waals surface area contributed by atoms with Crippen molar-refractivity contribution in [3.63, 3.8) is 0 Å². The summed E-state index contributed by atoms with van der Waals surface area (Å²) < 4.78 is 0. The molecule has 0 aliphatic carbocycles. The van der Waals surface area contributed by atoms with Gasteiger partial charge in [0.25, 0.3) is 0 Å². The second-order valence-electron chi connectivity index (χ2n) is 7.60. The minimum atomic E-state index is 0.157. The van der Waals surface area contributed by atoms with Crippen molar-refractivity contribution in [2.75, 3.05) is 24.6 Å². The fraction of sp³-hybridized carbons (Fsp3) is 0.348. The van der Waals surface area contributed by atoms with Crippen LogP contribution in [0.4, 0.5) is 11.6 Å². The largest absolute Gasteiger partial charge is 0.384 e. The van der Waals surface area contributed by atoms with E-state index >= 15 is 0 Å². The summed E-state index contributed by atoms with van der Waals surface area (Å²) in [5.41, 5.74) is 18.7. The molecular weight excluding hydrogens is 360 g/mol. The van der Waals surface area contributed by atoms with Crippen LogP contribution in [0.5, 0.6) is 0 Å². The van der Waals surface area contributed by atoms with Crippen LogP contribution in [0.1, 0.15) is 39.6 Å². The molecule has 152 valence electrons. The van der Waals surface area contributed by atoms with Crippen molar-refractivity contribution in [2.45, 2.75) is 39.0 Å².